The Kier molecular flexibility index (Phi) is 15.1. The van der Waals surface area contributed by atoms with Crippen LogP contribution in [0.25, 0.3) is 0 Å². The Morgan fingerprint density at radius 1 is 0.719 bits per heavy atom. The van der Waals surface area contributed by atoms with E-state index in [1.807, 2.05) is 59.7 Å². The molecule has 0 bridgehead atoms. The van der Waals surface area contributed by atoms with Crippen LogP contribution in [0.2, 0.25) is 0 Å². The van der Waals surface area contributed by atoms with Crippen molar-refractivity contribution in [2.45, 2.75) is 48.5 Å². The number of nitrogens with zero attached hydrogens (tertiary/aromatic N) is 1. The smallest absolute Gasteiger partial charge is 0.323 e. The van der Waals surface area contributed by atoms with E-state index in [-0.39, 0.29) is 11.8 Å². The second-order valence-electron chi connectivity index (χ2n) is 5.50. The lowest BCUT2D eigenvalue weighted by molar-refractivity contribution is 0.101. The largest absolute Gasteiger partial charge is 0.457 e. The van der Waals surface area contributed by atoms with E-state index in [2.05, 4.69) is 15.6 Å². The predicted molar refractivity (Wildman–Crippen MR) is 134 cm³/mol. The Balaban J connectivity index is 0.00000148. The lowest BCUT2D eigenvalue weighted by Gasteiger charge is -2.09. The molecule has 6 heteroatoms. The third-order valence-corrected chi connectivity index (χ3v) is 3.47. The lowest BCUT2D eigenvalue weighted by atomic mass is 10.2. The van der Waals surface area contributed by atoms with Crippen molar-refractivity contribution in [2.24, 2.45) is 0 Å². The summed E-state index contributed by atoms with van der Waals surface area (Å²) in [5.41, 5.74) is 1.69. The zero-order valence-corrected chi connectivity index (χ0v) is 20.1. The van der Waals surface area contributed by atoms with Crippen LogP contribution < -0.4 is 15.4 Å². The van der Waals surface area contributed by atoms with E-state index in [1.165, 1.54) is 13.1 Å². The number of nitrogens with one attached hydrogen (secondary N) is 2. The summed E-state index contributed by atoms with van der Waals surface area (Å²) in [5, 5.41) is 5.49. The summed E-state index contributed by atoms with van der Waals surface area (Å²) in [5.74, 6) is 0.979. The highest BCUT2D eigenvalue weighted by Gasteiger charge is 2.05. The predicted octanol–water partition coefficient (Wildman–Crippen LogP) is 7.80. The Labute approximate surface area is 192 Å². The van der Waals surface area contributed by atoms with Crippen LogP contribution in [0.5, 0.6) is 11.5 Å². The molecule has 0 aliphatic heterocycles. The molecular formula is C26H35N3O3. The molecule has 0 spiro atoms. The average Bonchev–Trinajstić information content (AvgIpc) is 2.85. The van der Waals surface area contributed by atoms with E-state index in [1.54, 1.807) is 48.5 Å². The minimum atomic E-state index is -0.329. The van der Waals surface area contributed by atoms with Gasteiger partial charge in [0.15, 0.2) is 5.78 Å². The fourth-order valence-electron chi connectivity index (χ4n) is 2.22. The van der Waals surface area contributed by atoms with Gasteiger partial charge in [-0.05, 0) is 42.5 Å². The van der Waals surface area contributed by atoms with E-state index in [9.17, 15) is 9.59 Å². The Morgan fingerprint density at radius 3 is 1.78 bits per heavy atom. The zero-order valence-electron chi connectivity index (χ0n) is 20.1. The van der Waals surface area contributed by atoms with Crippen LogP contribution in [0.4, 0.5) is 16.2 Å². The molecule has 0 saturated carbocycles. The number of pyridine rings is 1. The summed E-state index contributed by atoms with van der Waals surface area (Å²) < 4.78 is 5.70. The molecule has 3 aromatic rings. The third-order valence-electron chi connectivity index (χ3n) is 3.47. The third kappa shape index (κ3) is 10.4. The fourth-order valence-corrected chi connectivity index (χ4v) is 2.22. The summed E-state index contributed by atoms with van der Waals surface area (Å²) in [4.78, 5) is 27.3. The fraction of sp³-hybridized carbons (Fsp3) is 0.269. The van der Waals surface area contributed by atoms with Gasteiger partial charge in [0.1, 0.15) is 17.2 Å². The number of para-hydroxylation sites is 1. The van der Waals surface area contributed by atoms with Crippen LogP contribution in [0.15, 0.2) is 72.9 Å². The average molecular weight is 438 g/mol. The van der Waals surface area contributed by atoms with Crippen molar-refractivity contribution in [1.82, 2.24) is 4.98 Å². The van der Waals surface area contributed by atoms with Gasteiger partial charge >= 0.3 is 6.03 Å². The summed E-state index contributed by atoms with van der Waals surface area (Å²) >= 11 is 0. The first-order valence-electron chi connectivity index (χ1n) is 11.0. The number of ketones is 1. The standard InChI is InChI=1S/C20H17N3O3.3C2H6/c1-14(24)19-13-18(11-12-21-19)26-17-9-7-16(8-10-17)23-20(25)22-15-5-3-2-4-6-15;3*1-2/h2-13H,1H3,(H2,22,23,25);3*1-2H3. The number of aromatic nitrogens is 1. The molecule has 0 saturated heterocycles. The maximum atomic E-state index is 12.0. The first kappa shape index (κ1) is 28.3. The highest BCUT2D eigenvalue weighted by atomic mass is 16.5. The molecule has 1 aromatic heterocycles. The van der Waals surface area contributed by atoms with Crippen molar-refractivity contribution in [3.63, 3.8) is 0 Å². The molecule has 6 nitrogen and oxygen atoms in total. The van der Waals surface area contributed by atoms with Crippen molar-refractivity contribution < 1.29 is 14.3 Å². The summed E-state index contributed by atoms with van der Waals surface area (Å²) in [6.07, 6.45) is 1.52. The van der Waals surface area contributed by atoms with E-state index < -0.39 is 0 Å². The highest BCUT2D eigenvalue weighted by Crippen LogP contribution is 2.23. The van der Waals surface area contributed by atoms with Crippen LogP contribution in [-0.2, 0) is 0 Å². The van der Waals surface area contributed by atoms with Crippen molar-refractivity contribution in [3.8, 4) is 11.5 Å². The number of hydrogen-bond donors (Lipinski definition) is 2. The van der Waals surface area contributed by atoms with Gasteiger partial charge in [-0.2, -0.15) is 0 Å². The maximum Gasteiger partial charge on any atom is 0.323 e. The van der Waals surface area contributed by atoms with E-state index in [0.29, 0.717) is 28.6 Å². The molecule has 1 heterocycles. The van der Waals surface area contributed by atoms with Gasteiger partial charge in [0.25, 0.3) is 0 Å². The van der Waals surface area contributed by atoms with Gasteiger partial charge in [0, 0.05) is 30.6 Å². The Hall–Kier alpha value is -3.67. The molecule has 2 aromatic carbocycles. The minimum absolute atomic E-state index is 0.126. The van der Waals surface area contributed by atoms with Gasteiger partial charge in [0.05, 0.1) is 0 Å². The van der Waals surface area contributed by atoms with Gasteiger partial charge < -0.3 is 15.4 Å². The molecule has 0 aliphatic rings. The molecule has 0 atom stereocenters. The van der Waals surface area contributed by atoms with Crippen molar-refractivity contribution >= 4 is 23.2 Å². The molecule has 0 aliphatic carbocycles. The van der Waals surface area contributed by atoms with Gasteiger partial charge in [-0.25, -0.2) is 4.79 Å². The van der Waals surface area contributed by atoms with Crippen molar-refractivity contribution in [3.05, 3.63) is 78.6 Å². The van der Waals surface area contributed by atoms with E-state index in [0.717, 1.165) is 0 Å². The first-order chi connectivity index (χ1) is 15.6. The second-order valence-corrected chi connectivity index (χ2v) is 5.50. The van der Waals surface area contributed by atoms with Crippen LogP contribution >= 0.6 is 0 Å². The molecule has 2 amide bonds. The van der Waals surface area contributed by atoms with E-state index >= 15 is 0 Å². The minimum Gasteiger partial charge on any atom is -0.457 e. The molecule has 2 N–H and O–H groups in total. The number of anilines is 2. The van der Waals surface area contributed by atoms with Crippen LogP contribution in [0, 0.1) is 0 Å². The summed E-state index contributed by atoms with van der Waals surface area (Å²) in [6.45, 7) is 13.5. The van der Waals surface area contributed by atoms with Gasteiger partial charge in [-0.1, -0.05) is 59.7 Å². The number of carbonyl (C=O) groups excluding carboxylic acids is 2. The SMILES string of the molecule is CC.CC.CC.CC(=O)c1cc(Oc2ccc(NC(=O)Nc3ccccc3)cc2)ccn1. The van der Waals surface area contributed by atoms with Crippen molar-refractivity contribution in [2.75, 3.05) is 10.6 Å². The second kappa shape index (κ2) is 17.1. The maximum absolute atomic E-state index is 12.0. The number of ether oxygens (including phenoxy) is 1. The summed E-state index contributed by atoms with van der Waals surface area (Å²) in [6, 6.07) is 19.0. The highest BCUT2D eigenvalue weighted by molar-refractivity contribution is 5.99. The normalized spacial score (nSPS) is 8.72. The monoisotopic (exact) mass is 437 g/mol. The topological polar surface area (TPSA) is 80.3 Å². The molecule has 172 valence electrons. The first-order valence-corrected chi connectivity index (χ1v) is 11.0. The number of urea groups is 1. The quantitative estimate of drug-likeness (QED) is 0.399. The van der Waals surface area contributed by atoms with E-state index in [4.69, 9.17) is 4.74 Å². The van der Waals surface area contributed by atoms with Crippen LogP contribution in [0.1, 0.15) is 59.0 Å². The number of hydrogen-bond acceptors (Lipinski definition) is 4. The Bertz CT molecular complexity index is 911. The number of rotatable bonds is 5. The molecule has 3 rings (SSSR count). The molecule has 0 unspecified atom stereocenters. The lowest BCUT2D eigenvalue weighted by Crippen LogP contribution is -2.19. The number of carbonyl (C=O) groups is 2. The van der Waals surface area contributed by atoms with Crippen molar-refractivity contribution in [1.29, 1.82) is 0 Å². The summed E-state index contributed by atoms with van der Waals surface area (Å²) in [7, 11) is 0. The van der Waals surface area contributed by atoms with Crippen LogP contribution in [-0.4, -0.2) is 16.8 Å². The Morgan fingerprint density at radius 2 is 1.25 bits per heavy atom. The van der Waals surface area contributed by atoms with Crippen LogP contribution in [0.3, 0.4) is 0 Å². The molecule has 0 radical (unpaired) electrons. The molecular weight excluding hydrogens is 402 g/mol. The molecule has 32 heavy (non-hydrogen) atoms. The number of amides is 2. The van der Waals surface area contributed by atoms with Gasteiger partial charge in [-0.3, -0.25) is 9.78 Å². The van der Waals surface area contributed by atoms with Gasteiger partial charge in [0.2, 0.25) is 0 Å². The number of Topliss-reactive ketones (excluding diaryl/α,β-unsaturated/α-hetero) is 1. The van der Waals surface area contributed by atoms with Gasteiger partial charge in [-0.15, -0.1) is 0 Å². The number of benzene rings is 2. The molecule has 0 fully saturated rings. The zero-order chi connectivity index (χ0) is 24.4.